The molecule has 0 aliphatic carbocycles. The number of thioether (sulfide) groups is 3. The van der Waals surface area contributed by atoms with Gasteiger partial charge < -0.3 is 0 Å². The van der Waals surface area contributed by atoms with Gasteiger partial charge in [-0.1, -0.05) is 13.8 Å². The second-order valence-corrected chi connectivity index (χ2v) is 9.50. The minimum absolute atomic E-state index is 0.219. The first-order valence-corrected chi connectivity index (χ1v) is 10.8. The summed E-state index contributed by atoms with van der Waals surface area (Å²) >= 11 is 5.84. The molecule has 0 amide bonds. The van der Waals surface area contributed by atoms with E-state index in [4.69, 9.17) is 0 Å². The van der Waals surface area contributed by atoms with E-state index in [1.54, 1.807) is 0 Å². The van der Waals surface area contributed by atoms with Gasteiger partial charge in [0.15, 0.2) is 0 Å². The van der Waals surface area contributed by atoms with Crippen LogP contribution in [-0.4, -0.2) is 32.6 Å². The van der Waals surface area contributed by atoms with Gasteiger partial charge in [0.25, 0.3) is 0 Å². The van der Waals surface area contributed by atoms with E-state index in [-0.39, 0.29) is 14.1 Å². The zero-order valence-electron chi connectivity index (χ0n) is 8.75. The number of rotatable bonds is 6. The van der Waals surface area contributed by atoms with E-state index < -0.39 is 0 Å². The maximum absolute atomic E-state index is 2.22. The van der Waals surface area contributed by atoms with Crippen LogP contribution in [0.2, 0.25) is 0 Å². The summed E-state index contributed by atoms with van der Waals surface area (Å²) in [5, 5.41) is 0. The Morgan fingerprint density at radius 3 is 1.17 bits per heavy atom. The molecule has 0 saturated carbocycles. The molecule has 0 unspecified atom stereocenters. The summed E-state index contributed by atoms with van der Waals surface area (Å²) in [5.41, 5.74) is 0. The molecule has 0 aromatic carbocycles. The predicted octanol–water partition coefficient (Wildman–Crippen LogP) is 3.59. The Labute approximate surface area is 95.4 Å². The van der Waals surface area contributed by atoms with Crippen molar-refractivity contribution in [3.8, 4) is 0 Å². The summed E-state index contributed by atoms with van der Waals surface area (Å²) in [4.78, 5) is 0. The fourth-order valence-electron chi connectivity index (χ4n) is 0.602. The van der Waals surface area contributed by atoms with Crippen molar-refractivity contribution in [1.82, 2.24) is 0 Å². The van der Waals surface area contributed by atoms with Crippen molar-refractivity contribution in [1.29, 1.82) is 0 Å². The Morgan fingerprint density at radius 1 is 0.750 bits per heavy atom. The number of hydrogen-bond donors (Lipinski definition) is 0. The van der Waals surface area contributed by atoms with Crippen molar-refractivity contribution >= 4 is 35.3 Å². The molecule has 0 aliphatic rings. The average molecular weight is 265 g/mol. The van der Waals surface area contributed by atoms with Crippen molar-refractivity contribution in [2.24, 2.45) is 0 Å². The van der Waals surface area contributed by atoms with Crippen LogP contribution in [0, 0.1) is 0 Å². The first kappa shape index (κ1) is 16.0. The van der Waals surface area contributed by atoms with E-state index in [0.29, 0.717) is 0 Å². The van der Waals surface area contributed by atoms with Crippen molar-refractivity contribution in [3.05, 3.63) is 0 Å². The van der Waals surface area contributed by atoms with Gasteiger partial charge in [-0.25, -0.2) is 0 Å². The molecule has 0 radical (unpaired) electrons. The Kier molecular flexibility index (Phi) is 20.1. The SMILES string of the molecule is CC.CS[CH2][Cr]([CH2]SC)[CH2]SC. The number of hydrogen-bond acceptors (Lipinski definition) is 3. The third kappa shape index (κ3) is 11.6. The maximum atomic E-state index is 2.22. The summed E-state index contributed by atoms with van der Waals surface area (Å²) in [6.07, 6.45) is 6.66. The summed E-state index contributed by atoms with van der Waals surface area (Å²) in [7, 11) is 0. The van der Waals surface area contributed by atoms with Crippen LogP contribution in [0.25, 0.3) is 0 Å². The first-order chi connectivity index (χ1) is 5.85. The van der Waals surface area contributed by atoms with Gasteiger partial charge in [-0.05, 0) is 0 Å². The molecule has 0 spiro atoms. The monoisotopic (exact) mass is 265 g/mol. The fourth-order valence-corrected chi connectivity index (χ4v) is 9.97. The summed E-state index contributed by atoms with van der Waals surface area (Å²) in [6.45, 7) is 4.00. The molecule has 4 heteroatoms. The predicted molar refractivity (Wildman–Crippen MR) is 66.5 cm³/mol. The van der Waals surface area contributed by atoms with Crippen LogP contribution >= 0.6 is 35.3 Å². The molecule has 0 atom stereocenters. The molecule has 0 bridgehead atoms. The summed E-state index contributed by atoms with van der Waals surface area (Å²) in [5.74, 6) is 0. The molecule has 0 nitrogen and oxygen atoms in total. The van der Waals surface area contributed by atoms with Gasteiger partial charge >= 0.3 is 82.0 Å². The molecule has 0 aromatic rings. The molecule has 0 aromatic heterocycles. The van der Waals surface area contributed by atoms with Gasteiger partial charge in [0.05, 0.1) is 0 Å². The van der Waals surface area contributed by atoms with Crippen LogP contribution in [0.5, 0.6) is 0 Å². The molecule has 0 heterocycles. The Hall–Kier alpha value is 1.58. The van der Waals surface area contributed by atoms with E-state index >= 15 is 0 Å². The van der Waals surface area contributed by atoms with Gasteiger partial charge in [-0.15, -0.1) is 0 Å². The van der Waals surface area contributed by atoms with E-state index in [9.17, 15) is 0 Å². The second-order valence-electron chi connectivity index (χ2n) is 1.83. The average Bonchev–Trinajstić information content (AvgIpc) is 2.10. The van der Waals surface area contributed by atoms with E-state index in [1.165, 1.54) is 13.8 Å². The fraction of sp³-hybridized carbons (Fsp3) is 1.00. The zero-order valence-corrected chi connectivity index (χ0v) is 12.5. The molecule has 0 aliphatic heterocycles. The van der Waals surface area contributed by atoms with Crippen LogP contribution in [-0.2, 0) is 14.1 Å². The molecule has 0 rings (SSSR count). The van der Waals surface area contributed by atoms with E-state index in [2.05, 4.69) is 18.8 Å². The van der Waals surface area contributed by atoms with Crippen LogP contribution in [0.3, 0.4) is 0 Å². The van der Waals surface area contributed by atoms with Crippen LogP contribution < -0.4 is 0 Å². The third-order valence-corrected chi connectivity index (χ3v) is 10.6. The molecule has 0 fully saturated rings. The summed E-state index contributed by atoms with van der Waals surface area (Å²) in [6, 6.07) is 0. The topological polar surface area (TPSA) is 0 Å². The molecule has 0 N–H and O–H groups in total. The zero-order chi connectivity index (χ0) is 9.82. The normalized spacial score (nSPS) is 9.50. The Morgan fingerprint density at radius 2 is 1.00 bits per heavy atom. The van der Waals surface area contributed by atoms with Gasteiger partial charge in [0.2, 0.25) is 0 Å². The van der Waals surface area contributed by atoms with Crippen molar-refractivity contribution in [2.45, 2.75) is 13.8 Å². The van der Waals surface area contributed by atoms with Crippen LogP contribution in [0.1, 0.15) is 13.8 Å². The third-order valence-electron chi connectivity index (χ3n) is 0.854. The van der Waals surface area contributed by atoms with E-state index in [0.717, 1.165) is 0 Å². The van der Waals surface area contributed by atoms with Gasteiger partial charge in [0, 0.05) is 0 Å². The van der Waals surface area contributed by atoms with E-state index in [1.807, 2.05) is 49.1 Å². The van der Waals surface area contributed by atoms with Crippen molar-refractivity contribution in [2.75, 3.05) is 32.6 Å². The van der Waals surface area contributed by atoms with Crippen LogP contribution in [0.15, 0.2) is 0 Å². The molecule has 12 heavy (non-hydrogen) atoms. The molecular formula is C8H21CrS3. The molecule has 0 saturated heterocycles. The standard InChI is InChI=1S/3C2H5S.C2H6.Cr/c3*1-3-2;1-2;/h3*1H2,2H3;1-2H3;. The minimum atomic E-state index is -0.219. The Balaban J connectivity index is 0. The van der Waals surface area contributed by atoms with Crippen molar-refractivity contribution in [3.63, 3.8) is 0 Å². The molecular weight excluding hydrogens is 244 g/mol. The Bertz CT molecular complexity index is 57.1. The first-order valence-electron chi connectivity index (χ1n) is 3.96. The van der Waals surface area contributed by atoms with Crippen molar-refractivity contribution < 1.29 is 14.1 Å². The second kappa shape index (κ2) is 15.1. The van der Waals surface area contributed by atoms with Gasteiger partial charge in [0.1, 0.15) is 0 Å². The quantitative estimate of drug-likeness (QED) is 0.720. The van der Waals surface area contributed by atoms with Gasteiger partial charge in [-0.2, -0.15) is 0 Å². The molecule has 77 valence electrons. The van der Waals surface area contributed by atoms with Crippen LogP contribution in [0.4, 0.5) is 0 Å². The van der Waals surface area contributed by atoms with Gasteiger partial charge in [-0.3, -0.25) is 0 Å². The summed E-state index contributed by atoms with van der Waals surface area (Å²) < 4.78 is 4.34.